The monoisotopic (exact) mass is 329 g/mol. The van der Waals surface area contributed by atoms with E-state index in [1.165, 1.54) is 0 Å². The third-order valence-corrected chi connectivity index (χ3v) is 4.31. The van der Waals surface area contributed by atoms with Gasteiger partial charge in [-0.1, -0.05) is 0 Å². The highest BCUT2D eigenvalue weighted by Crippen LogP contribution is 2.27. The lowest BCUT2D eigenvalue weighted by Crippen LogP contribution is -2.39. The molecule has 1 N–H and O–H groups in total. The Kier molecular flexibility index (Phi) is 5.20. The van der Waals surface area contributed by atoms with Gasteiger partial charge in [-0.05, 0) is 25.8 Å². The van der Waals surface area contributed by atoms with Gasteiger partial charge in [0.05, 0.1) is 13.0 Å². The van der Waals surface area contributed by atoms with Gasteiger partial charge in [0.25, 0.3) is 0 Å². The van der Waals surface area contributed by atoms with Crippen LogP contribution in [-0.4, -0.2) is 57.5 Å². The van der Waals surface area contributed by atoms with Gasteiger partial charge in [-0.3, -0.25) is 4.79 Å². The summed E-state index contributed by atoms with van der Waals surface area (Å²) in [6.07, 6.45) is 5.95. The highest BCUT2D eigenvalue weighted by atomic mass is 16.5. The number of aromatic amines is 1. The Hall–Kier alpha value is -2.28. The molecule has 7 nitrogen and oxygen atoms in total. The molecule has 3 heterocycles. The Morgan fingerprint density at radius 1 is 1.46 bits per heavy atom. The average Bonchev–Trinajstić information content (AvgIpc) is 3.14. The normalized spacial score (nSPS) is 17.9. The van der Waals surface area contributed by atoms with Crippen LogP contribution >= 0.6 is 0 Å². The molecule has 0 aromatic carbocycles. The van der Waals surface area contributed by atoms with Gasteiger partial charge in [-0.25, -0.2) is 15.0 Å². The molecule has 3 rings (SSSR count). The van der Waals surface area contributed by atoms with Crippen LogP contribution in [0.5, 0.6) is 0 Å². The lowest BCUT2D eigenvalue weighted by molar-refractivity contribution is -0.133. The zero-order valence-electron chi connectivity index (χ0n) is 14.2. The Morgan fingerprint density at radius 2 is 2.33 bits per heavy atom. The minimum absolute atomic E-state index is 0.151. The molecule has 24 heavy (non-hydrogen) atoms. The molecule has 0 spiro atoms. The van der Waals surface area contributed by atoms with Gasteiger partial charge in [-0.2, -0.15) is 0 Å². The van der Waals surface area contributed by atoms with Crippen molar-refractivity contribution in [1.82, 2.24) is 24.8 Å². The molecular formula is C17H23N5O2. The number of nitrogens with zero attached hydrogens (tertiary/aromatic N) is 4. The van der Waals surface area contributed by atoms with Gasteiger partial charge < -0.3 is 14.6 Å². The number of nitrogens with one attached hydrogen (secondary N) is 1. The van der Waals surface area contributed by atoms with E-state index in [9.17, 15) is 4.79 Å². The van der Waals surface area contributed by atoms with Crippen molar-refractivity contribution in [2.45, 2.75) is 32.1 Å². The fourth-order valence-corrected chi connectivity index (χ4v) is 3.12. The Bertz CT molecular complexity index is 686. The van der Waals surface area contributed by atoms with Crippen molar-refractivity contribution < 1.29 is 9.53 Å². The first-order valence-corrected chi connectivity index (χ1v) is 8.29. The third-order valence-electron chi connectivity index (χ3n) is 4.31. The molecule has 2 aromatic rings. The zero-order valence-corrected chi connectivity index (χ0v) is 14.2. The van der Waals surface area contributed by atoms with Crippen molar-refractivity contribution in [2.75, 3.05) is 26.8 Å². The molecule has 1 aliphatic heterocycles. The maximum absolute atomic E-state index is 12.3. The number of amides is 1. The molecule has 0 aliphatic carbocycles. The summed E-state index contributed by atoms with van der Waals surface area (Å²) in [4.78, 5) is 30.6. The fraction of sp³-hybridized carbons (Fsp3) is 0.529. The van der Waals surface area contributed by atoms with Crippen LogP contribution in [0.2, 0.25) is 0 Å². The van der Waals surface area contributed by atoms with E-state index in [0.717, 1.165) is 42.4 Å². The lowest BCUT2D eigenvalue weighted by atomic mass is 9.93. The maximum atomic E-state index is 12.3. The molecule has 0 bridgehead atoms. The summed E-state index contributed by atoms with van der Waals surface area (Å²) in [6, 6.07) is 1.99. The number of rotatable bonds is 5. The van der Waals surface area contributed by atoms with Crippen LogP contribution in [0.1, 0.15) is 36.7 Å². The molecule has 1 aliphatic rings. The minimum Gasteiger partial charge on any atom is -0.384 e. The zero-order chi connectivity index (χ0) is 16.9. The first-order valence-electron chi connectivity index (χ1n) is 8.29. The van der Waals surface area contributed by atoms with E-state index in [1.54, 1.807) is 19.5 Å². The summed E-state index contributed by atoms with van der Waals surface area (Å²) in [5, 5.41) is 0. The van der Waals surface area contributed by atoms with Gasteiger partial charge in [0.15, 0.2) is 5.82 Å². The number of ether oxygens (including phenoxy) is 1. The van der Waals surface area contributed by atoms with Crippen LogP contribution in [0.15, 0.2) is 18.5 Å². The van der Waals surface area contributed by atoms with Crippen LogP contribution in [0.3, 0.4) is 0 Å². The second-order valence-corrected chi connectivity index (χ2v) is 6.08. The van der Waals surface area contributed by atoms with Gasteiger partial charge in [-0.15, -0.1) is 0 Å². The molecule has 1 amide bonds. The number of aryl methyl sites for hydroxylation is 1. The first kappa shape index (κ1) is 16.6. The van der Waals surface area contributed by atoms with Crippen LogP contribution in [0, 0.1) is 6.92 Å². The van der Waals surface area contributed by atoms with Gasteiger partial charge in [0.2, 0.25) is 5.91 Å². The Labute approximate surface area is 141 Å². The molecule has 0 saturated carbocycles. The SMILES string of the molecule is COCCC(=O)N1CCCC(c2cc(-c3ncc[nH]3)nc(C)n2)C1. The van der Waals surface area contributed by atoms with Crippen molar-refractivity contribution in [3.8, 4) is 11.5 Å². The summed E-state index contributed by atoms with van der Waals surface area (Å²) < 4.78 is 5.01. The van der Waals surface area contributed by atoms with Crippen LogP contribution < -0.4 is 0 Å². The number of carbonyl (C=O) groups is 1. The molecule has 1 unspecified atom stereocenters. The number of methoxy groups -OCH3 is 1. The predicted molar refractivity (Wildman–Crippen MR) is 89.4 cm³/mol. The van der Waals surface area contributed by atoms with E-state index >= 15 is 0 Å². The Balaban J connectivity index is 1.77. The highest BCUT2D eigenvalue weighted by molar-refractivity contribution is 5.76. The summed E-state index contributed by atoms with van der Waals surface area (Å²) in [6.45, 7) is 3.88. The van der Waals surface area contributed by atoms with Crippen LogP contribution in [0.25, 0.3) is 11.5 Å². The number of hydrogen-bond donors (Lipinski definition) is 1. The molecule has 128 valence electrons. The standard InChI is InChI=1S/C17H23N5O2/c1-12-20-14(10-15(21-12)17-18-6-7-19-17)13-4-3-8-22(11-13)16(23)5-9-24-2/h6-7,10,13H,3-5,8-9,11H2,1-2H3,(H,18,19). The Morgan fingerprint density at radius 3 is 3.08 bits per heavy atom. The maximum Gasteiger partial charge on any atom is 0.224 e. The highest BCUT2D eigenvalue weighted by Gasteiger charge is 2.26. The molecule has 1 atom stereocenters. The van der Waals surface area contributed by atoms with E-state index in [-0.39, 0.29) is 11.8 Å². The number of aromatic nitrogens is 4. The van der Waals surface area contributed by atoms with E-state index in [1.807, 2.05) is 17.9 Å². The molecular weight excluding hydrogens is 306 g/mol. The number of carbonyl (C=O) groups excluding carboxylic acids is 1. The van der Waals surface area contributed by atoms with E-state index in [4.69, 9.17) is 4.74 Å². The van der Waals surface area contributed by atoms with Crippen molar-refractivity contribution in [2.24, 2.45) is 0 Å². The molecule has 0 radical (unpaired) electrons. The number of hydrogen-bond acceptors (Lipinski definition) is 5. The molecule has 7 heteroatoms. The minimum atomic E-state index is 0.151. The summed E-state index contributed by atoms with van der Waals surface area (Å²) >= 11 is 0. The lowest BCUT2D eigenvalue weighted by Gasteiger charge is -2.32. The van der Waals surface area contributed by atoms with Crippen molar-refractivity contribution in [3.63, 3.8) is 0 Å². The predicted octanol–water partition coefficient (Wildman–Crippen LogP) is 1.92. The van der Waals surface area contributed by atoms with Crippen LogP contribution in [0.4, 0.5) is 0 Å². The van der Waals surface area contributed by atoms with Crippen molar-refractivity contribution in [1.29, 1.82) is 0 Å². The average molecular weight is 329 g/mol. The third kappa shape index (κ3) is 3.79. The quantitative estimate of drug-likeness (QED) is 0.906. The number of likely N-dealkylation sites (tertiary alicyclic amines) is 1. The smallest absolute Gasteiger partial charge is 0.224 e. The molecule has 1 fully saturated rings. The largest absolute Gasteiger partial charge is 0.384 e. The molecule has 2 aromatic heterocycles. The first-order chi connectivity index (χ1) is 11.7. The number of piperidine rings is 1. The van der Waals surface area contributed by atoms with E-state index < -0.39 is 0 Å². The topological polar surface area (TPSA) is 84.0 Å². The van der Waals surface area contributed by atoms with E-state index in [2.05, 4.69) is 19.9 Å². The summed E-state index contributed by atoms with van der Waals surface area (Å²) in [5.41, 5.74) is 1.78. The second-order valence-electron chi connectivity index (χ2n) is 6.08. The van der Waals surface area contributed by atoms with Crippen molar-refractivity contribution >= 4 is 5.91 Å². The second kappa shape index (κ2) is 7.53. The fourth-order valence-electron chi connectivity index (χ4n) is 3.12. The van der Waals surface area contributed by atoms with E-state index in [0.29, 0.717) is 19.6 Å². The summed E-state index contributed by atoms with van der Waals surface area (Å²) in [5.74, 6) is 1.85. The van der Waals surface area contributed by atoms with Gasteiger partial charge >= 0.3 is 0 Å². The summed E-state index contributed by atoms with van der Waals surface area (Å²) in [7, 11) is 1.62. The molecule has 1 saturated heterocycles. The number of H-pyrrole nitrogens is 1. The van der Waals surface area contributed by atoms with Gasteiger partial charge in [0.1, 0.15) is 11.5 Å². The van der Waals surface area contributed by atoms with Gasteiger partial charge in [0, 0.05) is 44.2 Å². The number of imidazole rings is 1. The van der Waals surface area contributed by atoms with Crippen LogP contribution in [-0.2, 0) is 9.53 Å². The van der Waals surface area contributed by atoms with Crippen molar-refractivity contribution in [3.05, 3.63) is 30.0 Å².